The Morgan fingerprint density at radius 2 is 2.22 bits per heavy atom. The third-order valence-corrected chi connectivity index (χ3v) is 3.96. The van der Waals surface area contributed by atoms with Crippen molar-refractivity contribution in [2.75, 3.05) is 13.1 Å². The number of hydrogen-bond acceptors (Lipinski definition) is 4. The van der Waals surface area contributed by atoms with Crippen LogP contribution in [0.15, 0.2) is 24.3 Å². The summed E-state index contributed by atoms with van der Waals surface area (Å²) in [6.45, 7) is 9.19. The summed E-state index contributed by atoms with van der Waals surface area (Å²) >= 11 is 0. The summed E-state index contributed by atoms with van der Waals surface area (Å²) in [7, 11) is 0. The number of amides is 1. The monoisotopic (exact) mass is 320 g/mol. The minimum atomic E-state index is -0.458. The van der Waals surface area contributed by atoms with E-state index in [1.165, 1.54) is 0 Å². The van der Waals surface area contributed by atoms with Gasteiger partial charge in [-0.2, -0.15) is 0 Å². The predicted octanol–water partition coefficient (Wildman–Crippen LogP) is 2.84. The highest BCUT2D eigenvalue weighted by atomic mass is 16.6. The molecule has 1 saturated heterocycles. The van der Waals surface area contributed by atoms with Gasteiger partial charge in [0, 0.05) is 25.2 Å². The maximum absolute atomic E-state index is 12.1. The topological polar surface area (TPSA) is 61.8 Å². The van der Waals surface area contributed by atoms with E-state index in [1.807, 2.05) is 39.0 Å². The Balaban J connectivity index is 1.88. The molecule has 0 saturated carbocycles. The summed E-state index contributed by atoms with van der Waals surface area (Å²) in [5, 5.41) is 12.8. The van der Waals surface area contributed by atoms with Crippen LogP contribution >= 0.6 is 0 Å². The van der Waals surface area contributed by atoms with Gasteiger partial charge >= 0.3 is 6.09 Å². The summed E-state index contributed by atoms with van der Waals surface area (Å²) in [6.07, 6.45) is 0.681. The van der Waals surface area contributed by atoms with Gasteiger partial charge in [-0.25, -0.2) is 4.79 Å². The SMILES string of the molecule is C[C@H](N[C@H]1CCN(C(=O)OC(C)(C)C)C1)c1cccc(CO)c1. The van der Waals surface area contributed by atoms with Crippen molar-refractivity contribution in [3.63, 3.8) is 0 Å². The summed E-state index contributed by atoms with van der Waals surface area (Å²) in [5.41, 5.74) is 1.60. The van der Waals surface area contributed by atoms with E-state index in [4.69, 9.17) is 4.74 Å². The lowest BCUT2D eigenvalue weighted by Gasteiger charge is -2.25. The standard InChI is InChI=1S/C18H28N2O3/c1-13(15-7-5-6-14(10-15)12-21)19-16-8-9-20(11-16)17(22)23-18(2,3)4/h5-7,10,13,16,19,21H,8-9,11-12H2,1-4H3/t13-,16-/m0/s1. The molecule has 1 amide bonds. The molecule has 1 aliphatic heterocycles. The van der Waals surface area contributed by atoms with Crippen molar-refractivity contribution >= 4 is 6.09 Å². The van der Waals surface area contributed by atoms with Gasteiger partial charge in [0.15, 0.2) is 0 Å². The molecule has 5 nitrogen and oxygen atoms in total. The average molecular weight is 320 g/mol. The van der Waals surface area contributed by atoms with Crippen LogP contribution in [0.5, 0.6) is 0 Å². The molecule has 5 heteroatoms. The van der Waals surface area contributed by atoms with Crippen molar-refractivity contribution in [3.8, 4) is 0 Å². The highest BCUT2D eigenvalue weighted by Crippen LogP contribution is 2.20. The molecule has 0 radical (unpaired) electrons. The van der Waals surface area contributed by atoms with E-state index < -0.39 is 5.60 Å². The molecule has 2 atom stereocenters. The van der Waals surface area contributed by atoms with Crippen molar-refractivity contribution < 1.29 is 14.6 Å². The van der Waals surface area contributed by atoms with Crippen LogP contribution in [-0.4, -0.2) is 40.8 Å². The molecular weight excluding hydrogens is 292 g/mol. The van der Waals surface area contributed by atoms with E-state index in [2.05, 4.69) is 18.3 Å². The lowest BCUT2D eigenvalue weighted by atomic mass is 10.0. The molecule has 1 heterocycles. The van der Waals surface area contributed by atoms with Crippen LogP contribution in [-0.2, 0) is 11.3 Å². The number of nitrogens with zero attached hydrogens (tertiary/aromatic N) is 1. The molecule has 128 valence electrons. The average Bonchev–Trinajstić information content (AvgIpc) is 2.94. The normalized spacial score (nSPS) is 19.7. The third kappa shape index (κ3) is 5.22. The second-order valence-electron chi connectivity index (χ2n) is 7.20. The lowest BCUT2D eigenvalue weighted by Crippen LogP contribution is -2.39. The molecule has 0 aromatic heterocycles. The summed E-state index contributed by atoms with van der Waals surface area (Å²) in [5.74, 6) is 0. The van der Waals surface area contributed by atoms with Crippen LogP contribution in [0.4, 0.5) is 4.79 Å². The number of hydrogen-bond donors (Lipinski definition) is 2. The maximum atomic E-state index is 12.1. The van der Waals surface area contributed by atoms with Crippen molar-refractivity contribution in [1.29, 1.82) is 0 Å². The number of carbonyl (C=O) groups excluding carboxylic acids is 1. The fraction of sp³-hybridized carbons (Fsp3) is 0.611. The minimum absolute atomic E-state index is 0.0520. The summed E-state index contributed by atoms with van der Waals surface area (Å²) in [6, 6.07) is 8.37. The minimum Gasteiger partial charge on any atom is -0.444 e. The van der Waals surface area contributed by atoms with Crippen molar-refractivity contribution in [2.24, 2.45) is 0 Å². The van der Waals surface area contributed by atoms with Crippen molar-refractivity contribution in [2.45, 2.75) is 58.4 Å². The fourth-order valence-electron chi connectivity index (χ4n) is 2.80. The second-order valence-corrected chi connectivity index (χ2v) is 7.20. The van der Waals surface area contributed by atoms with Gasteiger partial charge < -0.3 is 20.1 Å². The zero-order valence-electron chi connectivity index (χ0n) is 14.5. The van der Waals surface area contributed by atoms with Crippen LogP contribution < -0.4 is 5.32 Å². The molecule has 0 aliphatic carbocycles. The Bertz CT molecular complexity index is 539. The van der Waals surface area contributed by atoms with E-state index in [-0.39, 0.29) is 24.8 Å². The first-order chi connectivity index (χ1) is 10.8. The van der Waals surface area contributed by atoms with Crippen LogP contribution in [0.2, 0.25) is 0 Å². The van der Waals surface area contributed by atoms with Gasteiger partial charge in [0.1, 0.15) is 5.60 Å². The Hall–Kier alpha value is -1.59. The van der Waals surface area contributed by atoms with E-state index in [1.54, 1.807) is 4.90 Å². The third-order valence-electron chi connectivity index (χ3n) is 3.96. The first-order valence-electron chi connectivity index (χ1n) is 8.22. The Labute approximate surface area is 138 Å². The maximum Gasteiger partial charge on any atom is 0.410 e. The van der Waals surface area contributed by atoms with Crippen LogP contribution in [0.25, 0.3) is 0 Å². The van der Waals surface area contributed by atoms with Gasteiger partial charge in [0.25, 0.3) is 0 Å². The number of aliphatic hydroxyl groups is 1. The van der Waals surface area contributed by atoms with Gasteiger partial charge in [-0.15, -0.1) is 0 Å². The van der Waals surface area contributed by atoms with E-state index in [0.29, 0.717) is 6.54 Å². The fourth-order valence-corrected chi connectivity index (χ4v) is 2.80. The Morgan fingerprint density at radius 1 is 1.48 bits per heavy atom. The largest absolute Gasteiger partial charge is 0.444 e. The predicted molar refractivity (Wildman–Crippen MR) is 90.1 cm³/mol. The summed E-state index contributed by atoms with van der Waals surface area (Å²) < 4.78 is 5.42. The number of aliphatic hydroxyl groups excluding tert-OH is 1. The zero-order valence-corrected chi connectivity index (χ0v) is 14.5. The molecule has 0 unspecified atom stereocenters. The van der Waals surface area contributed by atoms with E-state index in [0.717, 1.165) is 24.1 Å². The number of nitrogens with one attached hydrogen (secondary N) is 1. The molecule has 1 aromatic rings. The lowest BCUT2D eigenvalue weighted by molar-refractivity contribution is 0.0290. The first-order valence-corrected chi connectivity index (χ1v) is 8.22. The van der Waals surface area contributed by atoms with Crippen molar-refractivity contribution in [3.05, 3.63) is 35.4 Å². The van der Waals surface area contributed by atoms with Crippen LogP contribution in [0.3, 0.4) is 0 Å². The van der Waals surface area contributed by atoms with Gasteiger partial charge in [-0.1, -0.05) is 24.3 Å². The molecule has 0 spiro atoms. The number of benzene rings is 1. The smallest absolute Gasteiger partial charge is 0.410 e. The molecule has 23 heavy (non-hydrogen) atoms. The Kier molecular flexibility index (Phi) is 5.65. The molecule has 2 rings (SSSR count). The Morgan fingerprint density at radius 3 is 2.87 bits per heavy atom. The van der Waals surface area contributed by atoms with E-state index in [9.17, 15) is 9.90 Å². The quantitative estimate of drug-likeness (QED) is 0.895. The van der Waals surface area contributed by atoms with E-state index >= 15 is 0 Å². The van der Waals surface area contributed by atoms with Crippen LogP contribution in [0, 0.1) is 0 Å². The molecule has 0 bridgehead atoms. The zero-order chi connectivity index (χ0) is 17.0. The molecule has 2 N–H and O–H groups in total. The number of carbonyl (C=O) groups is 1. The highest BCUT2D eigenvalue weighted by molar-refractivity contribution is 5.68. The summed E-state index contributed by atoms with van der Waals surface area (Å²) in [4.78, 5) is 13.9. The first kappa shape index (κ1) is 17.8. The van der Waals surface area contributed by atoms with Gasteiger partial charge in [0.2, 0.25) is 0 Å². The molecule has 1 aliphatic rings. The number of rotatable bonds is 4. The number of ether oxygens (including phenoxy) is 1. The highest BCUT2D eigenvalue weighted by Gasteiger charge is 2.30. The van der Waals surface area contributed by atoms with Gasteiger partial charge in [0.05, 0.1) is 6.61 Å². The molecule has 1 fully saturated rings. The second kappa shape index (κ2) is 7.32. The molecular formula is C18H28N2O3. The molecule has 1 aromatic carbocycles. The van der Waals surface area contributed by atoms with Crippen molar-refractivity contribution in [1.82, 2.24) is 10.2 Å². The van der Waals surface area contributed by atoms with Crippen LogP contribution in [0.1, 0.15) is 51.3 Å². The van der Waals surface area contributed by atoms with Gasteiger partial charge in [-0.3, -0.25) is 0 Å². The van der Waals surface area contributed by atoms with Gasteiger partial charge in [-0.05, 0) is 45.2 Å². The number of likely N-dealkylation sites (tertiary alicyclic amines) is 1.